The highest BCUT2D eigenvalue weighted by atomic mass is 32.3. The monoisotopic (exact) mass is 258 g/mol. The summed E-state index contributed by atoms with van der Waals surface area (Å²) in [5.74, 6) is 0. The molecule has 0 aliphatic carbocycles. The Morgan fingerprint density at radius 3 is 2.59 bits per heavy atom. The van der Waals surface area contributed by atoms with Crippen LogP contribution in [0, 0.1) is 0 Å². The second-order valence-electron chi connectivity index (χ2n) is 3.62. The van der Waals surface area contributed by atoms with Crippen molar-refractivity contribution in [2.75, 3.05) is 5.17 Å². The molecule has 1 aromatic rings. The average Bonchev–Trinajstić information content (AvgIpc) is 2.68. The Labute approximate surface area is 100 Å². The zero-order valence-corrected chi connectivity index (χ0v) is 10.5. The lowest BCUT2D eigenvalue weighted by atomic mass is 10.1. The van der Waals surface area contributed by atoms with Crippen LogP contribution in [-0.4, -0.2) is 8.42 Å². The van der Waals surface area contributed by atoms with Crippen molar-refractivity contribution in [2.24, 2.45) is 0 Å². The van der Waals surface area contributed by atoms with Gasteiger partial charge in [0.2, 0.25) is 0 Å². The van der Waals surface area contributed by atoms with E-state index in [4.69, 9.17) is 0 Å². The molecule has 0 atom stereocenters. The van der Waals surface area contributed by atoms with Crippen molar-refractivity contribution >= 4 is 16.1 Å². The molecule has 1 aliphatic heterocycles. The Morgan fingerprint density at radius 2 is 2.06 bits per heavy atom. The first-order valence-electron chi connectivity index (χ1n) is 5.36. The van der Waals surface area contributed by atoms with Crippen molar-refractivity contribution in [3.05, 3.63) is 29.3 Å². The quantitative estimate of drug-likeness (QED) is 0.880. The molecule has 0 spiro atoms. The third-order valence-corrected chi connectivity index (χ3v) is 3.15. The number of hydrogen-bond acceptors (Lipinski definition) is 6. The first kappa shape index (κ1) is 12.3. The highest BCUT2D eigenvalue weighted by Crippen LogP contribution is 2.25. The van der Waals surface area contributed by atoms with Gasteiger partial charge in [0.15, 0.2) is 0 Å². The Bertz CT molecular complexity index is 515. The summed E-state index contributed by atoms with van der Waals surface area (Å²) in [6, 6.07) is 5.74. The van der Waals surface area contributed by atoms with E-state index in [9.17, 15) is 8.42 Å². The summed E-state index contributed by atoms with van der Waals surface area (Å²) >= 11 is 0. The van der Waals surface area contributed by atoms with Crippen molar-refractivity contribution in [1.29, 1.82) is 0 Å². The van der Waals surface area contributed by atoms with Gasteiger partial charge in [-0.1, -0.05) is 31.6 Å². The van der Waals surface area contributed by atoms with Gasteiger partial charge in [-0.05, 0) is 30.0 Å². The van der Waals surface area contributed by atoms with Gasteiger partial charge in [-0.3, -0.25) is 0 Å². The van der Waals surface area contributed by atoms with Gasteiger partial charge in [-0.15, -0.1) is 13.7 Å². The standard InChI is InChI=1S/C10H14N2O4S/c1-3-8-5-6-10(9(4-2)7-8)12-11-15-17(13,14)16-12/h5-7,11H,3-4H2,1-2H3. The maximum absolute atomic E-state index is 11.0. The number of benzene rings is 1. The van der Waals surface area contributed by atoms with Crippen LogP contribution in [0.3, 0.4) is 0 Å². The smallest absolute Gasteiger partial charge is 0.165 e. The average molecular weight is 258 g/mol. The van der Waals surface area contributed by atoms with Crippen molar-refractivity contribution in [2.45, 2.75) is 26.7 Å². The van der Waals surface area contributed by atoms with Crippen molar-refractivity contribution in [3.8, 4) is 0 Å². The molecule has 6 nitrogen and oxygen atoms in total. The predicted octanol–water partition coefficient (Wildman–Crippen LogP) is 1.24. The highest BCUT2D eigenvalue weighted by Gasteiger charge is 2.30. The summed E-state index contributed by atoms with van der Waals surface area (Å²) in [5.41, 5.74) is 5.00. The molecular weight excluding hydrogens is 244 g/mol. The molecule has 1 saturated heterocycles. The van der Waals surface area contributed by atoms with Crippen LogP contribution in [0.25, 0.3) is 0 Å². The fraction of sp³-hybridized carbons (Fsp3) is 0.400. The number of hydrazine groups is 1. The van der Waals surface area contributed by atoms with E-state index in [-0.39, 0.29) is 0 Å². The van der Waals surface area contributed by atoms with Crippen LogP contribution in [0.4, 0.5) is 5.69 Å². The highest BCUT2D eigenvalue weighted by molar-refractivity contribution is 7.82. The molecule has 0 saturated carbocycles. The first-order valence-corrected chi connectivity index (χ1v) is 6.69. The van der Waals surface area contributed by atoms with Gasteiger partial charge in [-0.2, -0.15) is 8.42 Å². The molecule has 0 amide bonds. The number of nitrogens with one attached hydrogen (secondary N) is 1. The molecule has 94 valence electrons. The van der Waals surface area contributed by atoms with E-state index in [0.717, 1.165) is 23.6 Å². The molecular formula is C10H14N2O4S. The Balaban J connectivity index is 2.33. The summed E-state index contributed by atoms with van der Waals surface area (Å²) in [6.45, 7) is 4.05. The van der Waals surface area contributed by atoms with Gasteiger partial charge in [0.05, 0.1) is 5.69 Å². The zero-order valence-electron chi connectivity index (χ0n) is 9.63. The van der Waals surface area contributed by atoms with E-state index in [2.05, 4.69) is 21.1 Å². The van der Waals surface area contributed by atoms with Gasteiger partial charge in [-0.25, -0.2) is 0 Å². The van der Waals surface area contributed by atoms with E-state index in [0.29, 0.717) is 5.69 Å². The maximum Gasteiger partial charge on any atom is 0.440 e. The number of aryl methyl sites for hydroxylation is 2. The topological polar surface area (TPSA) is 67.9 Å². The van der Waals surface area contributed by atoms with Crippen molar-refractivity contribution < 1.29 is 17.0 Å². The second-order valence-corrected chi connectivity index (χ2v) is 4.75. The molecule has 17 heavy (non-hydrogen) atoms. The second kappa shape index (κ2) is 4.61. The Kier molecular flexibility index (Phi) is 3.34. The van der Waals surface area contributed by atoms with Crippen LogP contribution in [0.1, 0.15) is 25.0 Å². The largest absolute Gasteiger partial charge is 0.440 e. The predicted molar refractivity (Wildman–Crippen MR) is 61.9 cm³/mol. The molecule has 0 radical (unpaired) electrons. The molecule has 1 aromatic carbocycles. The molecule has 1 heterocycles. The lowest BCUT2D eigenvalue weighted by molar-refractivity contribution is 0.197. The molecule has 0 bridgehead atoms. The van der Waals surface area contributed by atoms with Crippen molar-refractivity contribution in [1.82, 2.24) is 5.59 Å². The van der Waals surface area contributed by atoms with Gasteiger partial charge < -0.3 is 0 Å². The fourth-order valence-electron chi connectivity index (χ4n) is 1.63. The Morgan fingerprint density at radius 1 is 1.29 bits per heavy atom. The fourth-order valence-corrected chi connectivity index (χ4v) is 2.11. The molecule has 1 aliphatic rings. The molecule has 0 aromatic heterocycles. The van der Waals surface area contributed by atoms with Gasteiger partial charge in [0.25, 0.3) is 0 Å². The lowest BCUT2D eigenvalue weighted by Crippen LogP contribution is -2.29. The number of nitrogens with zero attached hydrogens (tertiary/aromatic N) is 1. The molecule has 0 unspecified atom stereocenters. The normalized spacial score (nSPS) is 18.6. The van der Waals surface area contributed by atoms with Crippen LogP contribution in [0.15, 0.2) is 18.2 Å². The molecule has 1 N–H and O–H groups in total. The molecule has 2 rings (SSSR count). The maximum atomic E-state index is 11.0. The van der Waals surface area contributed by atoms with E-state index in [1.54, 1.807) is 6.07 Å². The molecule has 7 heteroatoms. The number of hydrogen-bond donors (Lipinski definition) is 1. The SMILES string of the molecule is CCc1ccc(N2NOS(=O)(=O)O2)c(CC)c1. The van der Waals surface area contributed by atoms with Gasteiger partial charge in [0.1, 0.15) is 0 Å². The van der Waals surface area contributed by atoms with Crippen LogP contribution in [0.2, 0.25) is 0 Å². The van der Waals surface area contributed by atoms with Crippen LogP contribution >= 0.6 is 0 Å². The zero-order chi connectivity index (χ0) is 12.5. The minimum Gasteiger partial charge on any atom is -0.165 e. The summed E-state index contributed by atoms with van der Waals surface area (Å²) in [5, 5.41) is 1.01. The van der Waals surface area contributed by atoms with Crippen LogP contribution in [-0.2, 0) is 31.8 Å². The van der Waals surface area contributed by atoms with Crippen molar-refractivity contribution in [3.63, 3.8) is 0 Å². The number of rotatable bonds is 3. The Hall–Kier alpha value is -1.15. The summed E-state index contributed by atoms with van der Waals surface area (Å²) in [7, 11) is -3.97. The number of anilines is 1. The minimum absolute atomic E-state index is 0.630. The summed E-state index contributed by atoms with van der Waals surface area (Å²) in [4.78, 5) is 0. The molecule has 1 fully saturated rings. The van der Waals surface area contributed by atoms with E-state index < -0.39 is 10.4 Å². The van der Waals surface area contributed by atoms with Crippen LogP contribution < -0.4 is 10.8 Å². The third-order valence-electron chi connectivity index (χ3n) is 2.54. The van der Waals surface area contributed by atoms with E-state index >= 15 is 0 Å². The van der Waals surface area contributed by atoms with E-state index in [1.807, 2.05) is 19.1 Å². The van der Waals surface area contributed by atoms with E-state index in [1.165, 1.54) is 5.56 Å². The van der Waals surface area contributed by atoms with Crippen LogP contribution in [0.5, 0.6) is 0 Å². The summed E-state index contributed by atoms with van der Waals surface area (Å²) in [6.07, 6.45) is 1.70. The minimum atomic E-state index is -3.97. The first-order chi connectivity index (χ1) is 8.05. The lowest BCUT2D eigenvalue weighted by Gasteiger charge is -2.15. The van der Waals surface area contributed by atoms with Gasteiger partial charge in [0, 0.05) is 0 Å². The van der Waals surface area contributed by atoms with Gasteiger partial charge >= 0.3 is 10.4 Å². The summed E-state index contributed by atoms with van der Waals surface area (Å²) < 4.78 is 30.9. The third kappa shape index (κ3) is 2.58.